The van der Waals surface area contributed by atoms with Gasteiger partial charge in [-0.25, -0.2) is 9.86 Å². The molecule has 0 saturated heterocycles. The predicted molar refractivity (Wildman–Crippen MR) is 82.5 cm³/mol. The number of aliphatic hydroxyl groups is 1. The topological polar surface area (TPSA) is 85.3 Å². The van der Waals surface area contributed by atoms with E-state index in [4.69, 9.17) is 9.57 Å². The fourth-order valence-electron chi connectivity index (χ4n) is 1.74. The number of benzene rings is 1. The summed E-state index contributed by atoms with van der Waals surface area (Å²) in [5.41, 5.74) is 0.724. The van der Waals surface area contributed by atoms with Gasteiger partial charge in [-0.05, 0) is 19.9 Å². The summed E-state index contributed by atoms with van der Waals surface area (Å²) in [5, 5.41) is 10.4. The van der Waals surface area contributed by atoms with Gasteiger partial charge in [-0.3, -0.25) is 9.63 Å². The van der Waals surface area contributed by atoms with Crippen molar-refractivity contribution in [3.8, 4) is 5.75 Å². The first-order chi connectivity index (χ1) is 10.9. The lowest BCUT2D eigenvalue weighted by molar-refractivity contribution is -0.173. The summed E-state index contributed by atoms with van der Waals surface area (Å²) in [4.78, 5) is 28.2. The van der Waals surface area contributed by atoms with Crippen molar-refractivity contribution in [2.24, 2.45) is 0 Å². The molecule has 0 aliphatic rings. The molecular formula is C16H21NO6. The number of aliphatic hydroxyl groups excluding tert-OH is 1. The molecule has 1 rings (SSSR count). The van der Waals surface area contributed by atoms with Crippen molar-refractivity contribution >= 4 is 11.9 Å². The highest BCUT2D eigenvalue weighted by Gasteiger charge is 2.18. The monoisotopic (exact) mass is 323 g/mol. The number of hydroxylamine groups is 2. The van der Waals surface area contributed by atoms with Crippen LogP contribution < -0.4 is 4.74 Å². The number of para-hydroxylation sites is 1. The number of nitrogens with zero attached hydrogens (tertiary/aromatic N) is 1. The third kappa shape index (κ3) is 5.63. The van der Waals surface area contributed by atoms with Gasteiger partial charge in [0.25, 0.3) is 5.91 Å². The van der Waals surface area contributed by atoms with Crippen LogP contribution in [0.25, 0.3) is 0 Å². The summed E-state index contributed by atoms with van der Waals surface area (Å²) in [6.45, 7) is 3.88. The Morgan fingerprint density at radius 1 is 1.26 bits per heavy atom. The number of hydrogen-bond acceptors (Lipinski definition) is 6. The van der Waals surface area contributed by atoms with Crippen LogP contribution in [0.4, 0.5) is 0 Å². The quantitative estimate of drug-likeness (QED) is 0.357. The number of carbonyl (C=O) groups is 2. The van der Waals surface area contributed by atoms with Gasteiger partial charge in [-0.15, -0.1) is 0 Å². The maximum absolute atomic E-state index is 12.1. The third-order valence-electron chi connectivity index (χ3n) is 2.77. The van der Waals surface area contributed by atoms with E-state index in [2.05, 4.69) is 4.74 Å². The first-order valence-electron chi connectivity index (χ1n) is 6.98. The van der Waals surface area contributed by atoms with E-state index in [1.807, 2.05) is 26.0 Å². The van der Waals surface area contributed by atoms with Crippen molar-refractivity contribution in [1.29, 1.82) is 0 Å². The highest BCUT2D eigenvalue weighted by molar-refractivity contribution is 5.96. The number of hydrogen-bond donors (Lipinski definition) is 1. The Labute approximate surface area is 135 Å². The van der Waals surface area contributed by atoms with Crippen LogP contribution in [-0.2, 0) is 25.7 Å². The first kappa shape index (κ1) is 18.5. The van der Waals surface area contributed by atoms with Gasteiger partial charge in [0.05, 0.1) is 32.9 Å². The van der Waals surface area contributed by atoms with Crippen molar-refractivity contribution in [3.05, 3.63) is 41.7 Å². The molecule has 0 saturated carbocycles. The average molecular weight is 323 g/mol. The summed E-state index contributed by atoms with van der Waals surface area (Å²) in [6.07, 6.45) is 0.715. The molecule has 7 nitrogen and oxygen atoms in total. The summed E-state index contributed by atoms with van der Waals surface area (Å²) in [7, 11) is 2.41. The Morgan fingerprint density at radius 2 is 1.91 bits per heavy atom. The largest absolute Gasteiger partial charge is 0.502 e. The summed E-state index contributed by atoms with van der Waals surface area (Å²) < 4.78 is 9.99. The molecule has 0 unspecified atom stereocenters. The second-order valence-corrected chi connectivity index (χ2v) is 4.85. The Bertz CT molecular complexity index is 582. The smallest absolute Gasteiger partial charge is 0.373 e. The van der Waals surface area contributed by atoms with Gasteiger partial charge in [0, 0.05) is 5.56 Å². The molecular weight excluding hydrogens is 302 g/mol. The summed E-state index contributed by atoms with van der Waals surface area (Å²) in [5.74, 6) is -1.88. The van der Waals surface area contributed by atoms with Crippen molar-refractivity contribution in [3.63, 3.8) is 0 Å². The van der Waals surface area contributed by atoms with Crippen LogP contribution in [0.3, 0.4) is 0 Å². The molecule has 0 fully saturated rings. The molecule has 0 heterocycles. The zero-order chi connectivity index (χ0) is 17.4. The number of rotatable bonds is 7. The third-order valence-corrected chi connectivity index (χ3v) is 2.77. The molecule has 0 aliphatic heterocycles. The molecule has 0 aromatic heterocycles. The van der Waals surface area contributed by atoms with Crippen LogP contribution >= 0.6 is 0 Å². The van der Waals surface area contributed by atoms with Crippen molar-refractivity contribution < 1.29 is 29.0 Å². The minimum Gasteiger partial charge on any atom is -0.502 e. The molecule has 1 N–H and O–H groups in total. The Hall–Kier alpha value is -2.54. The number of esters is 1. The lowest BCUT2D eigenvalue weighted by atomic mass is 10.2. The van der Waals surface area contributed by atoms with Gasteiger partial charge >= 0.3 is 5.97 Å². The van der Waals surface area contributed by atoms with Crippen LogP contribution in [0.1, 0.15) is 19.4 Å². The van der Waals surface area contributed by atoms with Crippen LogP contribution in [0, 0.1) is 0 Å². The van der Waals surface area contributed by atoms with Crippen LogP contribution in [0.15, 0.2) is 36.1 Å². The van der Waals surface area contributed by atoms with E-state index in [9.17, 15) is 14.7 Å². The van der Waals surface area contributed by atoms with Crippen molar-refractivity contribution in [2.45, 2.75) is 26.5 Å². The lowest BCUT2D eigenvalue weighted by Gasteiger charge is -2.21. The standard InChI is InChI=1S/C16H21NO6/c1-11(2)23-14-8-6-5-7-12(14)10-17(22-4)15(19)9-13(18)16(20)21-3/h5-9,11,18H,10H2,1-4H3. The molecule has 1 amide bonds. The van der Waals surface area contributed by atoms with E-state index in [0.717, 1.165) is 23.8 Å². The van der Waals surface area contributed by atoms with E-state index < -0.39 is 17.6 Å². The predicted octanol–water partition coefficient (Wildman–Crippen LogP) is 1.98. The molecule has 0 aliphatic carbocycles. The number of ether oxygens (including phenoxy) is 2. The Balaban J connectivity index is 2.92. The fourth-order valence-corrected chi connectivity index (χ4v) is 1.74. The van der Waals surface area contributed by atoms with Crippen LogP contribution in [0.2, 0.25) is 0 Å². The Kier molecular flexibility index (Phi) is 7.08. The molecule has 0 bridgehead atoms. The van der Waals surface area contributed by atoms with Gasteiger partial charge in [0.1, 0.15) is 5.75 Å². The number of methoxy groups -OCH3 is 1. The minimum absolute atomic E-state index is 0.0221. The minimum atomic E-state index is -1.00. The van der Waals surface area contributed by atoms with Gasteiger partial charge in [-0.2, -0.15) is 0 Å². The van der Waals surface area contributed by atoms with E-state index in [1.165, 1.54) is 7.11 Å². The van der Waals surface area contributed by atoms with Gasteiger partial charge in [0.2, 0.25) is 5.76 Å². The maximum atomic E-state index is 12.1. The second-order valence-electron chi connectivity index (χ2n) is 4.85. The zero-order valence-corrected chi connectivity index (χ0v) is 13.6. The van der Waals surface area contributed by atoms with Gasteiger partial charge < -0.3 is 14.6 Å². The molecule has 126 valence electrons. The summed E-state index contributed by atoms with van der Waals surface area (Å²) in [6, 6.07) is 7.21. The Morgan fingerprint density at radius 3 is 2.48 bits per heavy atom. The fraction of sp³-hybridized carbons (Fsp3) is 0.375. The molecule has 23 heavy (non-hydrogen) atoms. The SMILES string of the molecule is COC(=O)C(O)=CC(=O)N(Cc1ccccc1OC(C)C)OC. The maximum Gasteiger partial charge on any atom is 0.373 e. The second kappa shape index (κ2) is 8.79. The van der Waals surface area contributed by atoms with Gasteiger partial charge in [0.15, 0.2) is 0 Å². The van der Waals surface area contributed by atoms with Crippen molar-refractivity contribution in [1.82, 2.24) is 5.06 Å². The van der Waals surface area contributed by atoms with Crippen LogP contribution in [0.5, 0.6) is 5.75 Å². The lowest BCUT2D eigenvalue weighted by Crippen LogP contribution is -2.29. The van der Waals surface area contributed by atoms with Crippen LogP contribution in [-0.4, -0.2) is 42.4 Å². The molecule has 0 atom stereocenters. The molecule has 0 spiro atoms. The molecule has 0 radical (unpaired) electrons. The average Bonchev–Trinajstić information content (AvgIpc) is 2.52. The number of amides is 1. The van der Waals surface area contributed by atoms with E-state index in [-0.39, 0.29) is 12.6 Å². The van der Waals surface area contributed by atoms with E-state index >= 15 is 0 Å². The first-order valence-corrected chi connectivity index (χ1v) is 6.98. The highest BCUT2D eigenvalue weighted by Crippen LogP contribution is 2.21. The van der Waals surface area contributed by atoms with Gasteiger partial charge in [-0.1, -0.05) is 18.2 Å². The summed E-state index contributed by atoms with van der Waals surface area (Å²) >= 11 is 0. The molecule has 1 aromatic carbocycles. The number of carbonyl (C=O) groups excluding carboxylic acids is 2. The molecule has 1 aromatic rings. The molecule has 7 heteroatoms. The van der Waals surface area contributed by atoms with Crippen molar-refractivity contribution in [2.75, 3.05) is 14.2 Å². The van der Waals surface area contributed by atoms with E-state index in [1.54, 1.807) is 12.1 Å². The zero-order valence-electron chi connectivity index (χ0n) is 13.6. The highest BCUT2D eigenvalue weighted by atomic mass is 16.7. The normalized spacial score (nSPS) is 11.3. The van der Waals surface area contributed by atoms with E-state index in [0.29, 0.717) is 5.75 Å².